The van der Waals surface area contributed by atoms with Crippen LogP contribution in [0.5, 0.6) is 0 Å². The van der Waals surface area contributed by atoms with Crippen LogP contribution in [0.3, 0.4) is 0 Å². The number of hydrogen-bond donors (Lipinski definition) is 1. The number of nitrogens with zero attached hydrogens (tertiary/aromatic N) is 1. The first kappa shape index (κ1) is 25.4. The van der Waals surface area contributed by atoms with Gasteiger partial charge in [-0.05, 0) is 55.0 Å². The molecular weight excluding hydrogens is 458 g/mol. The molecule has 0 radical (unpaired) electrons. The molecule has 1 N–H and O–H groups in total. The van der Waals surface area contributed by atoms with Gasteiger partial charge < -0.3 is 14.6 Å². The highest BCUT2D eigenvalue weighted by Gasteiger charge is 2.46. The Morgan fingerprint density at radius 3 is 2.44 bits per heavy atom. The smallest absolute Gasteiger partial charge is 0.417 e. The SMILES string of the molecule is O=C1C=CC(=CCCCCCO)OC1C(Cc1ccccc1)C(=O)N1C(=O)OCC1c1ccccc1. The summed E-state index contributed by atoms with van der Waals surface area (Å²) in [6.07, 6.45) is 6.65. The first-order valence-electron chi connectivity index (χ1n) is 12.4. The summed E-state index contributed by atoms with van der Waals surface area (Å²) in [7, 11) is 0. The van der Waals surface area contributed by atoms with Gasteiger partial charge in [-0.3, -0.25) is 9.59 Å². The predicted molar refractivity (Wildman–Crippen MR) is 134 cm³/mol. The molecule has 3 atom stereocenters. The number of rotatable bonds is 10. The second-order valence-corrected chi connectivity index (χ2v) is 8.96. The van der Waals surface area contributed by atoms with Crippen LogP contribution >= 0.6 is 0 Å². The summed E-state index contributed by atoms with van der Waals surface area (Å²) >= 11 is 0. The Hall–Kier alpha value is -3.71. The van der Waals surface area contributed by atoms with Gasteiger partial charge in [0.1, 0.15) is 18.4 Å². The number of carbonyl (C=O) groups is 3. The van der Waals surface area contributed by atoms with Gasteiger partial charge in [-0.15, -0.1) is 0 Å². The lowest BCUT2D eigenvalue weighted by molar-refractivity contribution is -0.143. The fourth-order valence-corrected chi connectivity index (χ4v) is 4.53. The molecule has 0 bridgehead atoms. The molecule has 7 heteroatoms. The lowest BCUT2D eigenvalue weighted by atomic mass is 9.88. The monoisotopic (exact) mass is 489 g/mol. The number of benzene rings is 2. The first-order chi connectivity index (χ1) is 17.6. The standard InChI is InChI=1S/C29H31NO6/c31-18-10-2-1-9-15-23-16-17-26(32)27(36-23)24(19-21-11-5-3-6-12-21)28(33)30-25(20-35-29(30)34)22-13-7-4-8-14-22/h3-8,11-17,24-25,27,31H,1-2,9-10,18-20H2. The van der Waals surface area contributed by atoms with Crippen molar-refractivity contribution in [3.63, 3.8) is 0 Å². The van der Waals surface area contributed by atoms with Crippen molar-refractivity contribution in [1.82, 2.24) is 4.90 Å². The first-order valence-corrected chi connectivity index (χ1v) is 12.4. The Bertz CT molecular complexity index is 1110. The molecule has 2 aromatic carbocycles. The van der Waals surface area contributed by atoms with E-state index in [4.69, 9.17) is 14.6 Å². The van der Waals surface area contributed by atoms with Gasteiger partial charge >= 0.3 is 6.09 Å². The van der Waals surface area contributed by atoms with Crippen molar-refractivity contribution in [2.24, 2.45) is 5.92 Å². The average Bonchev–Trinajstić information content (AvgIpc) is 3.30. The average molecular weight is 490 g/mol. The molecule has 1 fully saturated rings. The summed E-state index contributed by atoms with van der Waals surface area (Å²) in [4.78, 5) is 40.8. The number of aliphatic hydroxyl groups is 1. The van der Waals surface area contributed by atoms with E-state index in [0.717, 1.165) is 41.7 Å². The molecule has 4 rings (SSSR count). The van der Waals surface area contributed by atoms with Crippen molar-refractivity contribution in [2.45, 2.75) is 44.2 Å². The number of ketones is 1. The predicted octanol–water partition coefficient (Wildman–Crippen LogP) is 4.53. The minimum Gasteiger partial charge on any atom is -0.482 e. The van der Waals surface area contributed by atoms with E-state index in [1.54, 1.807) is 6.08 Å². The number of allylic oxidation sites excluding steroid dienone is 2. The number of amides is 2. The van der Waals surface area contributed by atoms with E-state index in [9.17, 15) is 14.4 Å². The van der Waals surface area contributed by atoms with Crippen molar-refractivity contribution in [3.05, 3.63) is 95.8 Å². The van der Waals surface area contributed by atoms with Crippen molar-refractivity contribution in [1.29, 1.82) is 0 Å². The molecule has 2 heterocycles. The highest BCUT2D eigenvalue weighted by atomic mass is 16.6. The molecular formula is C29H31NO6. The van der Waals surface area contributed by atoms with Gasteiger partial charge in [-0.2, -0.15) is 0 Å². The normalized spacial score (nSPS) is 21.4. The second kappa shape index (κ2) is 12.3. The molecule has 0 saturated carbocycles. The van der Waals surface area contributed by atoms with Crippen molar-refractivity contribution < 1.29 is 29.0 Å². The Kier molecular flexibility index (Phi) is 8.68. The van der Waals surface area contributed by atoms with E-state index in [0.29, 0.717) is 5.76 Å². The van der Waals surface area contributed by atoms with Crippen LogP contribution in [0.2, 0.25) is 0 Å². The number of hydrogen-bond acceptors (Lipinski definition) is 6. The molecule has 2 aromatic rings. The Morgan fingerprint density at radius 1 is 1.00 bits per heavy atom. The summed E-state index contributed by atoms with van der Waals surface area (Å²) in [5.41, 5.74) is 1.65. The number of carbonyl (C=O) groups excluding carboxylic acids is 3. The fraction of sp³-hybridized carbons (Fsp3) is 0.345. The van der Waals surface area contributed by atoms with E-state index in [1.165, 1.54) is 6.08 Å². The molecule has 1 saturated heterocycles. The third-order valence-electron chi connectivity index (χ3n) is 6.44. The van der Waals surface area contributed by atoms with Gasteiger partial charge in [0.2, 0.25) is 5.91 Å². The molecule has 188 valence electrons. The van der Waals surface area contributed by atoms with Crippen LogP contribution in [0.15, 0.2) is 84.7 Å². The van der Waals surface area contributed by atoms with E-state index in [1.807, 2.05) is 66.7 Å². The Balaban J connectivity index is 1.60. The second-order valence-electron chi connectivity index (χ2n) is 8.96. The highest BCUT2D eigenvalue weighted by molar-refractivity contribution is 6.02. The zero-order valence-corrected chi connectivity index (χ0v) is 20.1. The zero-order valence-electron chi connectivity index (χ0n) is 20.1. The van der Waals surface area contributed by atoms with E-state index in [-0.39, 0.29) is 25.4 Å². The maximum Gasteiger partial charge on any atom is 0.417 e. The Morgan fingerprint density at radius 2 is 1.72 bits per heavy atom. The third kappa shape index (κ3) is 6.10. The van der Waals surface area contributed by atoms with E-state index < -0.39 is 30.1 Å². The lowest BCUT2D eigenvalue weighted by Crippen LogP contribution is -2.47. The summed E-state index contributed by atoms with van der Waals surface area (Å²) in [6.45, 7) is 0.223. The van der Waals surface area contributed by atoms with Crippen molar-refractivity contribution in [2.75, 3.05) is 13.2 Å². The van der Waals surface area contributed by atoms with Crippen molar-refractivity contribution >= 4 is 17.8 Å². The number of cyclic esters (lactones) is 1. The molecule has 36 heavy (non-hydrogen) atoms. The minimum absolute atomic E-state index is 0.0605. The van der Waals surface area contributed by atoms with Crippen LogP contribution in [0.1, 0.15) is 42.9 Å². The van der Waals surface area contributed by atoms with Crippen LogP contribution in [-0.2, 0) is 25.5 Å². The quantitative estimate of drug-likeness (QED) is 0.493. The molecule has 2 aliphatic heterocycles. The van der Waals surface area contributed by atoms with Crippen LogP contribution in [0.4, 0.5) is 4.79 Å². The Labute approximate surface area is 211 Å². The number of imide groups is 1. The number of aliphatic hydroxyl groups excluding tert-OH is 1. The third-order valence-corrected chi connectivity index (χ3v) is 6.44. The summed E-state index contributed by atoms with van der Waals surface area (Å²) < 4.78 is 11.3. The van der Waals surface area contributed by atoms with Gasteiger partial charge in [0.25, 0.3) is 0 Å². The maximum atomic E-state index is 14.0. The number of ether oxygens (including phenoxy) is 2. The fourth-order valence-electron chi connectivity index (χ4n) is 4.53. The molecule has 7 nitrogen and oxygen atoms in total. The molecule has 2 aliphatic rings. The van der Waals surface area contributed by atoms with Crippen LogP contribution in [-0.4, -0.2) is 47.1 Å². The molecule has 2 amide bonds. The minimum atomic E-state index is -1.06. The topological polar surface area (TPSA) is 93.1 Å². The van der Waals surface area contributed by atoms with Crippen LogP contribution < -0.4 is 0 Å². The number of unbranched alkanes of at least 4 members (excludes halogenated alkanes) is 3. The molecule has 0 aliphatic carbocycles. The van der Waals surface area contributed by atoms with Gasteiger partial charge in [0.05, 0.1) is 5.92 Å². The highest BCUT2D eigenvalue weighted by Crippen LogP contribution is 2.33. The van der Waals surface area contributed by atoms with Gasteiger partial charge in [-0.25, -0.2) is 9.69 Å². The van der Waals surface area contributed by atoms with Gasteiger partial charge in [0, 0.05) is 6.61 Å². The van der Waals surface area contributed by atoms with E-state index >= 15 is 0 Å². The van der Waals surface area contributed by atoms with Crippen LogP contribution in [0, 0.1) is 5.92 Å². The van der Waals surface area contributed by atoms with E-state index in [2.05, 4.69) is 0 Å². The molecule has 0 spiro atoms. The summed E-state index contributed by atoms with van der Waals surface area (Å²) in [6, 6.07) is 18.1. The van der Waals surface area contributed by atoms with Gasteiger partial charge in [0.15, 0.2) is 11.9 Å². The van der Waals surface area contributed by atoms with Crippen molar-refractivity contribution in [3.8, 4) is 0 Å². The lowest BCUT2D eigenvalue weighted by Gasteiger charge is -2.31. The zero-order chi connectivity index (χ0) is 25.3. The summed E-state index contributed by atoms with van der Waals surface area (Å²) in [5, 5.41) is 8.95. The van der Waals surface area contributed by atoms with Gasteiger partial charge in [-0.1, -0.05) is 67.1 Å². The largest absolute Gasteiger partial charge is 0.482 e. The molecule has 3 unspecified atom stereocenters. The maximum absolute atomic E-state index is 14.0. The molecule has 0 aromatic heterocycles. The van der Waals surface area contributed by atoms with Crippen LogP contribution in [0.25, 0.3) is 0 Å². The summed E-state index contributed by atoms with van der Waals surface area (Å²) in [5.74, 6) is -1.20.